The molecule has 1 rings (SSSR count). The largest absolute Gasteiger partial charge is 0.399 e. The van der Waals surface area contributed by atoms with E-state index in [0.29, 0.717) is 11.3 Å². The number of aryl methyl sites for hydroxylation is 1. The molecule has 0 saturated carbocycles. The molecule has 0 saturated heterocycles. The van der Waals surface area contributed by atoms with E-state index >= 15 is 0 Å². The monoisotopic (exact) mass is 187 g/mol. The second-order valence-corrected chi connectivity index (χ2v) is 3.98. The molecule has 66 valence electrons. The second-order valence-electron chi connectivity index (χ2n) is 2.55. The van der Waals surface area contributed by atoms with Crippen LogP contribution in [-0.2, 0) is 10.1 Å². The van der Waals surface area contributed by atoms with Crippen LogP contribution in [0.3, 0.4) is 0 Å². The molecule has 5 heteroatoms. The van der Waals surface area contributed by atoms with E-state index in [2.05, 4.69) is 0 Å². The van der Waals surface area contributed by atoms with Gasteiger partial charge in [-0.25, -0.2) is 0 Å². The van der Waals surface area contributed by atoms with Crippen molar-refractivity contribution in [3.05, 3.63) is 23.8 Å². The molecule has 0 radical (unpaired) electrons. The summed E-state index contributed by atoms with van der Waals surface area (Å²) < 4.78 is 29.9. The number of benzene rings is 1. The van der Waals surface area contributed by atoms with Crippen molar-refractivity contribution in [3.8, 4) is 0 Å². The first kappa shape index (κ1) is 9.02. The third-order valence-corrected chi connectivity index (χ3v) is 2.20. The normalized spacial score (nSPS) is 11.5. The van der Waals surface area contributed by atoms with Crippen molar-refractivity contribution in [2.75, 3.05) is 5.73 Å². The molecule has 0 spiro atoms. The number of nitrogens with two attached hydrogens (primary N) is 1. The van der Waals surface area contributed by atoms with Crippen molar-refractivity contribution >= 4 is 15.8 Å². The highest BCUT2D eigenvalue weighted by atomic mass is 32.2. The van der Waals surface area contributed by atoms with E-state index < -0.39 is 10.1 Å². The number of rotatable bonds is 1. The maximum Gasteiger partial charge on any atom is 0.294 e. The number of hydrogen-bond acceptors (Lipinski definition) is 3. The topological polar surface area (TPSA) is 80.4 Å². The molecule has 0 unspecified atom stereocenters. The number of hydrogen-bond donors (Lipinski definition) is 2. The van der Waals surface area contributed by atoms with Crippen molar-refractivity contribution in [3.63, 3.8) is 0 Å². The third kappa shape index (κ3) is 1.96. The molecule has 4 nitrogen and oxygen atoms in total. The summed E-state index contributed by atoms with van der Waals surface area (Å²) in [7, 11) is -4.13. The van der Waals surface area contributed by atoms with Gasteiger partial charge in [0, 0.05) is 5.69 Å². The highest BCUT2D eigenvalue weighted by Crippen LogP contribution is 2.15. The fraction of sp³-hybridized carbons (Fsp3) is 0.143. The Balaban J connectivity index is 3.37. The zero-order chi connectivity index (χ0) is 9.35. The fourth-order valence-corrected chi connectivity index (χ4v) is 1.55. The Bertz CT molecular complexity index is 377. The van der Waals surface area contributed by atoms with Gasteiger partial charge >= 0.3 is 0 Å². The SMILES string of the molecule is Cc1cc(N)cc(S(=O)(=O)O)c1. The average molecular weight is 187 g/mol. The summed E-state index contributed by atoms with van der Waals surface area (Å²) in [6.45, 7) is 1.70. The lowest BCUT2D eigenvalue weighted by Gasteiger charge is -2.00. The van der Waals surface area contributed by atoms with Crippen molar-refractivity contribution in [1.82, 2.24) is 0 Å². The molecule has 0 fully saturated rings. The second kappa shape index (κ2) is 2.76. The van der Waals surface area contributed by atoms with Crippen LogP contribution in [-0.4, -0.2) is 13.0 Å². The molecule has 0 amide bonds. The van der Waals surface area contributed by atoms with Crippen molar-refractivity contribution < 1.29 is 13.0 Å². The van der Waals surface area contributed by atoms with Crippen LogP contribution < -0.4 is 5.73 Å². The molecule has 0 aromatic heterocycles. The van der Waals surface area contributed by atoms with Gasteiger partial charge in [0.2, 0.25) is 0 Å². The first-order valence-electron chi connectivity index (χ1n) is 3.24. The lowest BCUT2D eigenvalue weighted by molar-refractivity contribution is 0.483. The quantitative estimate of drug-likeness (QED) is 0.504. The van der Waals surface area contributed by atoms with Crippen LogP contribution in [0.25, 0.3) is 0 Å². The molecule has 3 N–H and O–H groups in total. The van der Waals surface area contributed by atoms with Crippen molar-refractivity contribution in [2.24, 2.45) is 0 Å². The zero-order valence-electron chi connectivity index (χ0n) is 6.48. The van der Waals surface area contributed by atoms with Crippen molar-refractivity contribution in [1.29, 1.82) is 0 Å². The Kier molecular flexibility index (Phi) is 2.08. The Morgan fingerprint density at radius 3 is 2.33 bits per heavy atom. The van der Waals surface area contributed by atoms with E-state index in [9.17, 15) is 8.42 Å². The summed E-state index contributed by atoms with van der Waals surface area (Å²) in [5, 5.41) is 0. The van der Waals surface area contributed by atoms with Crippen LogP contribution in [0.1, 0.15) is 5.56 Å². The number of anilines is 1. The summed E-state index contributed by atoms with van der Waals surface area (Å²) in [6, 6.07) is 4.18. The van der Waals surface area contributed by atoms with Crippen LogP contribution in [0.4, 0.5) is 5.69 Å². The Morgan fingerprint density at radius 1 is 1.33 bits per heavy atom. The molecule has 1 aromatic rings. The highest BCUT2D eigenvalue weighted by molar-refractivity contribution is 7.85. The van der Waals surface area contributed by atoms with E-state index in [-0.39, 0.29) is 4.90 Å². The van der Waals surface area contributed by atoms with Crippen LogP contribution in [0.5, 0.6) is 0 Å². The Morgan fingerprint density at radius 2 is 1.92 bits per heavy atom. The molecule has 0 aliphatic heterocycles. The zero-order valence-corrected chi connectivity index (χ0v) is 7.30. The van der Waals surface area contributed by atoms with Gasteiger partial charge in [0.1, 0.15) is 0 Å². The maximum atomic E-state index is 10.6. The average Bonchev–Trinajstić information content (AvgIpc) is 1.82. The molecule has 0 heterocycles. The van der Waals surface area contributed by atoms with Crippen LogP contribution in [0, 0.1) is 6.92 Å². The van der Waals surface area contributed by atoms with E-state index in [1.54, 1.807) is 13.0 Å². The molecular weight excluding hydrogens is 178 g/mol. The molecule has 12 heavy (non-hydrogen) atoms. The van der Waals surface area contributed by atoms with Gasteiger partial charge in [-0.2, -0.15) is 8.42 Å². The Labute approximate surface area is 70.8 Å². The molecule has 0 atom stereocenters. The summed E-state index contributed by atoms with van der Waals surface area (Å²) in [5.41, 5.74) is 6.40. The summed E-state index contributed by atoms with van der Waals surface area (Å²) in [6.07, 6.45) is 0. The van der Waals surface area contributed by atoms with Gasteiger partial charge in [-0.15, -0.1) is 0 Å². The lowest BCUT2D eigenvalue weighted by Crippen LogP contribution is -1.99. The van der Waals surface area contributed by atoms with Crippen molar-refractivity contribution in [2.45, 2.75) is 11.8 Å². The maximum absolute atomic E-state index is 10.6. The van der Waals surface area contributed by atoms with Gasteiger partial charge in [0.25, 0.3) is 10.1 Å². The minimum absolute atomic E-state index is 0.167. The predicted octanol–water partition coefficient (Wildman–Crippen LogP) is 0.824. The molecule has 0 aliphatic rings. The van der Waals surface area contributed by atoms with E-state index in [1.807, 2.05) is 0 Å². The van der Waals surface area contributed by atoms with Crippen LogP contribution >= 0.6 is 0 Å². The molecule has 0 aliphatic carbocycles. The van der Waals surface area contributed by atoms with Gasteiger partial charge in [-0.3, -0.25) is 4.55 Å². The first-order valence-corrected chi connectivity index (χ1v) is 4.68. The fourth-order valence-electron chi connectivity index (χ4n) is 0.925. The van der Waals surface area contributed by atoms with Gasteiger partial charge in [-0.1, -0.05) is 0 Å². The van der Waals surface area contributed by atoms with Gasteiger partial charge < -0.3 is 5.73 Å². The predicted molar refractivity (Wildman–Crippen MR) is 45.4 cm³/mol. The lowest BCUT2D eigenvalue weighted by atomic mass is 10.2. The minimum Gasteiger partial charge on any atom is -0.399 e. The van der Waals surface area contributed by atoms with E-state index in [1.165, 1.54) is 12.1 Å². The van der Waals surface area contributed by atoms with E-state index in [4.69, 9.17) is 10.3 Å². The first-order chi connectivity index (χ1) is 5.39. The minimum atomic E-state index is -4.13. The van der Waals surface area contributed by atoms with E-state index in [0.717, 1.165) is 0 Å². The summed E-state index contributed by atoms with van der Waals surface area (Å²) in [5.74, 6) is 0. The standard InChI is InChI=1S/C7H9NO3S/c1-5-2-6(8)4-7(3-5)12(9,10)11/h2-4H,8H2,1H3,(H,9,10,11). The van der Waals surface area contributed by atoms with Gasteiger partial charge in [-0.05, 0) is 30.7 Å². The van der Waals surface area contributed by atoms with Gasteiger partial charge in [0.15, 0.2) is 0 Å². The molecular formula is C7H9NO3S. The van der Waals surface area contributed by atoms with Gasteiger partial charge in [0.05, 0.1) is 4.90 Å². The third-order valence-electron chi connectivity index (χ3n) is 1.37. The summed E-state index contributed by atoms with van der Waals surface area (Å²) in [4.78, 5) is -0.167. The highest BCUT2D eigenvalue weighted by Gasteiger charge is 2.09. The molecule has 0 bridgehead atoms. The Hall–Kier alpha value is -1.07. The van der Waals surface area contributed by atoms with Crippen LogP contribution in [0.15, 0.2) is 23.1 Å². The summed E-state index contributed by atoms with van der Waals surface area (Å²) >= 11 is 0. The van der Waals surface area contributed by atoms with Crippen LogP contribution in [0.2, 0.25) is 0 Å². The number of nitrogen functional groups attached to an aromatic ring is 1. The smallest absolute Gasteiger partial charge is 0.294 e. The molecule has 1 aromatic carbocycles.